The van der Waals surface area contributed by atoms with Crippen LogP contribution in [0.25, 0.3) is 32.7 Å². The number of nitrogens with one attached hydrogen (secondary N) is 2. The molecule has 16 nitrogen and oxygen atoms in total. The second-order valence-corrected chi connectivity index (χ2v) is 16.4. The Balaban J connectivity index is 1.48. The average molecular weight is 903 g/mol. The summed E-state index contributed by atoms with van der Waals surface area (Å²) in [6.07, 6.45) is 2.04. The Bertz CT molecular complexity index is 2760. The highest BCUT2D eigenvalue weighted by Gasteiger charge is 2.30. The molecule has 0 heterocycles. The zero-order valence-corrected chi connectivity index (χ0v) is 38.4. The standard InChI is InChI=1S/C50H54N4O12/c1-23(2)39-29-15-25(5)41(47(59)43(29)31(45(57)49(39)61)21-51-53-37(55)19-27-11-13-33(63-7)35(17-27)65-9)42-26(6)16-30-40(24(3)4)50(62)46(58)32(44(30)48(42)60)22-52-54-38(56)20-28-12-14-34(64-8)36(18-28)66-10/h11-18,21-24,57-62H,19-20H2,1-10H3,(H,53,55)(H,54,56)/b51-21+,52-22+. The van der Waals surface area contributed by atoms with Crippen molar-refractivity contribution in [3.05, 3.63) is 93.0 Å². The number of hydrogen-bond acceptors (Lipinski definition) is 14. The fraction of sp³-hybridized carbons (Fsp3) is 0.280. The molecule has 6 aromatic rings. The number of fused-ring (bicyclic) bond motifs is 2. The lowest BCUT2D eigenvalue weighted by atomic mass is 9.83. The van der Waals surface area contributed by atoms with E-state index in [1.54, 1.807) is 62.4 Å². The number of aromatic hydroxyl groups is 6. The molecule has 6 rings (SSSR count). The van der Waals surface area contributed by atoms with Gasteiger partial charge in [0.2, 0.25) is 11.8 Å². The van der Waals surface area contributed by atoms with Crippen LogP contribution in [-0.4, -0.2) is 83.3 Å². The molecule has 0 spiro atoms. The van der Waals surface area contributed by atoms with Crippen molar-refractivity contribution in [3.8, 4) is 68.6 Å². The molecule has 0 saturated heterocycles. The number of phenolic OH excluding ortho intramolecular Hbond substituents is 6. The van der Waals surface area contributed by atoms with Crippen molar-refractivity contribution in [1.82, 2.24) is 10.9 Å². The number of nitrogens with zero attached hydrogens (tertiary/aromatic N) is 2. The number of methoxy groups -OCH3 is 4. The predicted octanol–water partition coefficient (Wildman–Crippen LogP) is 8.18. The second-order valence-electron chi connectivity index (χ2n) is 16.4. The Kier molecular flexibility index (Phi) is 14.0. The summed E-state index contributed by atoms with van der Waals surface area (Å²) in [6, 6.07) is 13.5. The minimum Gasteiger partial charge on any atom is -0.507 e. The van der Waals surface area contributed by atoms with Gasteiger partial charge in [-0.25, -0.2) is 10.9 Å². The van der Waals surface area contributed by atoms with E-state index in [2.05, 4.69) is 21.1 Å². The highest BCUT2D eigenvalue weighted by molar-refractivity contribution is 6.15. The van der Waals surface area contributed by atoms with Crippen molar-refractivity contribution in [1.29, 1.82) is 0 Å². The molecular weight excluding hydrogens is 849 g/mol. The van der Waals surface area contributed by atoms with Crippen molar-refractivity contribution in [3.63, 3.8) is 0 Å². The smallest absolute Gasteiger partial charge is 0.244 e. The summed E-state index contributed by atoms with van der Waals surface area (Å²) >= 11 is 0. The highest BCUT2D eigenvalue weighted by atomic mass is 16.5. The first kappa shape index (κ1) is 47.6. The first-order valence-electron chi connectivity index (χ1n) is 20.9. The van der Waals surface area contributed by atoms with E-state index in [1.807, 2.05) is 27.7 Å². The lowest BCUT2D eigenvalue weighted by molar-refractivity contribution is -0.121. The van der Waals surface area contributed by atoms with Gasteiger partial charge in [0, 0.05) is 33.0 Å². The number of carbonyl (C=O) groups excluding carboxylic acids is 2. The molecule has 0 radical (unpaired) electrons. The molecular formula is C50H54N4O12. The second kappa shape index (κ2) is 19.5. The van der Waals surface area contributed by atoms with Gasteiger partial charge in [0.15, 0.2) is 46.0 Å². The van der Waals surface area contributed by atoms with Crippen LogP contribution in [0.5, 0.6) is 57.5 Å². The third-order valence-corrected chi connectivity index (χ3v) is 11.4. The molecule has 16 heteroatoms. The quantitative estimate of drug-likeness (QED) is 0.0277. The molecule has 0 fully saturated rings. The number of aryl methyl sites for hydroxylation is 2. The number of hydrogen-bond donors (Lipinski definition) is 8. The molecule has 6 aromatic carbocycles. The van der Waals surface area contributed by atoms with Gasteiger partial charge < -0.3 is 49.6 Å². The Morgan fingerprint density at radius 1 is 0.530 bits per heavy atom. The molecule has 346 valence electrons. The van der Waals surface area contributed by atoms with Crippen LogP contribution in [0.2, 0.25) is 0 Å². The number of ether oxygens (including phenoxy) is 4. The van der Waals surface area contributed by atoms with Crippen LogP contribution >= 0.6 is 0 Å². The van der Waals surface area contributed by atoms with Gasteiger partial charge >= 0.3 is 0 Å². The first-order valence-corrected chi connectivity index (χ1v) is 20.9. The Hall–Kier alpha value is -7.88. The van der Waals surface area contributed by atoms with E-state index >= 15 is 0 Å². The number of phenols is 6. The van der Waals surface area contributed by atoms with Crippen LogP contribution < -0.4 is 29.8 Å². The SMILES string of the molecule is COc1ccc(CC(=O)N/N=C/c2c(O)c(O)c(C(C)C)c3cc(C)c(-c4c(C)cc5c(C(C)C)c(O)c(O)c(/C=N/NC(=O)Cc6ccc(OC)c(OC)c6)c5c4O)c(O)c23)cc1OC. The monoisotopic (exact) mass is 902 g/mol. The van der Waals surface area contributed by atoms with Gasteiger partial charge in [-0.05, 0) is 83.0 Å². The molecule has 0 saturated carbocycles. The lowest BCUT2D eigenvalue weighted by Crippen LogP contribution is -2.19. The van der Waals surface area contributed by atoms with Crippen LogP contribution in [0.15, 0.2) is 58.7 Å². The topological polar surface area (TPSA) is 241 Å². The van der Waals surface area contributed by atoms with E-state index in [1.165, 1.54) is 28.4 Å². The van der Waals surface area contributed by atoms with E-state index in [-0.39, 0.29) is 57.7 Å². The molecule has 0 bridgehead atoms. The Labute approximate surface area is 381 Å². The highest BCUT2D eigenvalue weighted by Crippen LogP contribution is 2.54. The summed E-state index contributed by atoms with van der Waals surface area (Å²) in [5, 5.41) is 79.7. The van der Waals surface area contributed by atoms with Crippen molar-refractivity contribution >= 4 is 45.8 Å². The minimum atomic E-state index is -0.609. The predicted molar refractivity (Wildman–Crippen MR) is 253 cm³/mol. The van der Waals surface area contributed by atoms with Crippen molar-refractivity contribution in [2.45, 2.75) is 66.2 Å². The maximum absolute atomic E-state index is 13.0. The summed E-state index contributed by atoms with van der Waals surface area (Å²) < 4.78 is 21.2. The average Bonchev–Trinajstić information content (AvgIpc) is 3.27. The van der Waals surface area contributed by atoms with Crippen LogP contribution in [0.3, 0.4) is 0 Å². The van der Waals surface area contributed by atoms with E-state index in [4.69, 9.17) is 18.9 Å². The molecule has 0 aliphatic rings. The van der Waals surface area contributed by atoms with Crippen molar-refractivity contribution < 1.29 is 59.2 Å². The molecule has 0 aliphatic heterocycles. The van der Waals surface area contributed by atoms with E-state index in [0.717, 1.165) is 12.4 Å². The Morgan fingerprint density at radius 3 is 1.20 bits per heavy atom. The zero-order valence-electron chi connectivity index (χ0n) is 38.4. The first-order chi connectivity index (χ1) is 31.4. The van der Waals surface area contributed by atoms with Gasteiger partial charge in [0.25, 0.3) is 0 Å². The van der Waals surface area contributed by atoms with Gasteiger partial charge in [-0.15, -0.1) is 0 Å². The third-order valence-electron chi connectivity index (χ3n) is 11.4. The summed E-state index contributed by atoms with van der Waals surface area (Å²) in [4.78, 5) is 26.1. The van der Waals surface area contributed by atoms with Gasteiger partial charge in [-0.2, -0.15) is 10.2 Å². The van der Waals surface area contributed by atoms with Gasteiger partial charge in [-0.3, -0.25) is 9.59 Å². The normalized spacial score (nSPS) is 11.6. The van der Waals surface area contributed by atoms with E-state index < -0.39 is 46.3 Å². The fourth-order valence-electron chi connectivity index (χ4n) is 8.39. The van der Waals surface area contributed by atoms with Crippen LogP contribution in [0, 0.1) is 13.8 Å². The molecule has 2 amide bonds. The maximum Gasteiger partial charge on any atom is 0.244 e. The molecule has 0 aliphatic carbocycles. The van der Waals surface area contributed by atoms with Crippen molar-refractivity contribution in [2.24, 2.45) is 10.2 Å². The summed E-state index contributed by atoms with van der Waals surface area (Å²) in [5.74, 6) is -2.79. The number of amides is 2. The fourth-order valence-corrected chi connectivity index (χ4v) is 8.39. The van der Waals surface area contributed by atoms with Gasteiger partial charge in [0.1, 0.15) is 11.5 Å². The van der Waals surface area contributed by atoms with Gasteiger partial charge in [-0.1, -0.05) is 52.0 Å². The molecule has 66 heavy (non-hydrogen) atoms. The number of carbonyl (C=O) groups is 2. The molecule has 0 aromatic heterocycles. The summed E-state index contributed by atoms with van der Waals surface area (Å²) in [5.41, 5.74) is 7.67. The van der Waals surface area contributed by atoms with Crippen LogP contribution in [-0.2, 0) is 22.4 Å². The lowest BCUT2D eigenvalue weighted by Gasteiger charge is -2.23. The number of rotatable bonds is 15. The zero-order chi connectivity index (χ0) is 48.3. The van der Waals surface area contributed by atoms with Gasteiger partial charge in [0.05, 0.1) is 64.8 Å². The maximum atomic E-state index is 13.0. The van der Waals surface area contributed by atoms with E-state index in [0.29, 0.717) is 67.2 Å². The number of hydrazone groups is 2. The van der Waals surface area contributed by atoms with Crippen LogP contribution in [0.4, 0.5) is 0 Å². The summed E-state index contributed by atoms with van der Waals surface area (Å²) in [6.45, 7) is 10.7. The molecule has 0 unspecified atom stereocenters. The van der Waals surface area contributed by atoms with Crippen molar-refractivity contribution in [2.75, 3.05) is 28.4 Å². The molecule has 8 N–H and O–H groups in total. The summed E-state index contributed by atoms with van der Waals surface area (Å²) in [7, 11) is 5.96. The minimum absolute atomic E-state index is 0.0572. The number of benzene rings is 6. The largest absolute Gasteiger partial charge is 0.507 e. The molecule has 0 atom stereocenters. The third kappa shape index (κ3) is 8.94. The Morgan fingerprint density at radius 2 is 0.879 bits per heavy atom. The van der Waals surface area contributed by atoms with E-state index in [9.17, 15) is 40.2 Å². The van der Waals surface area contributed by atoms with Crippen LogP contribution in [0.1, 0.15) is 84.0 Å².